The Bertz CT molecular complexity index is 901. The van der Waals surface area contributed by atoms with E-state index in [0.717, 1.165) is 11.1 Å². The number of aliphatic imine (C=N–C) groups is 1. The number of methoxy groups -OCH3 is 1. The fourth-order valence-corrected chi connectivity index (χ4v) is 3.02. The normalized spacial score (nSPS) is 20.6. The molecule has 0 fully saturated rings. The van der Waals surface area contributed by atoms with Crippen LogP contribution in [0.3, 0.4) is 0 Å². The van der Waals surface area contributed by atoms with Gasteiger partial charge < -0.3 is 10.5 Å². The van der Waals surface area contributed by atoms with Gasteiger partial charge in [0.15, 0.2) is 11.5 Å². The second kappa shape index (κ2) is 7.80. The first-order chi connectivity index (χ1) is 12.6. The van der Waals surface area contributed by atoms with Crippen LogP contribution in [0.4, 0.5) is 0 Å². The van der Waals surface area contributed by atoms with Crippen LogP contribution in [0.2, 0.25) is 5.02 Å². The maximum Gasteiger partial charge on any atom is 0.265 e. The maximum absolute atomic E-state index is 13.1. The Morgan fingerprint density at radius 1 is 1.33 bits per heavy atom. The summed E-state index contributed by atoms with van der Waals surface area (Å²) in [6.45, 7) is 11.6. The first-order valence-electron chi connectivity index (χ1n) is 8.17. The smallest absolute Gasteiger partial charge is 0.265 e. The van der Waals surface area contributed by atoms with Crippen LogP contribution in [0.25, 0.3) is 5.57 Å². The van der Waals surface area contributed by atoms with E-state index >= 15 is 0 Å². The van der Waals surface area contributed by atoms with Gasteiger partial charge in [0.1, 0.15) is 5.76 Å². The lowest BCUT2D eigenvalue weighted by atomic mass is 9.82. The number of hydrogen-bond acceptors (Lipinski definition) is 5. The summed E-state index contributed by atoms with van der Waals surface area (Å²) in [6.07, 6.45) is 6.68. The number of carbonyl (C=O) groups is 1. The zero-order valence-electron chi connectivity index (χ0n) is 15.9. The molecule has 1 unspecified atom stereocenters. The summed E-state index contributed by atoms with van der Waals surface area (Å²) in [7, 11) is 3.08. The number of aromatic nitrogens is 1. The molecule has 0 radical (unpaired) electrons. The van der Waals surface area contributed by atoms with Crippen molar-refractivity contribution in [2.24, 2.45) is 10.7 Å². The van der Waals surface area contributed by atoms with E-state index in [2.05, 4.69) is 23.1 Å². The first-order valence-corrected chi connectivity index (χ1v) is 8.55. The van der Waals surface area contributed by atoms with Crippen LogP contribution in [-0.2, 0) is 9.53 Å². The molecule has 27 heavy (non-hydrogen) atoms. The highest BCUT2D eigenvalue weighted by molar-refractivity contribution is 6.30. The molecule has 1 aromatic rings. The van der Waals surface area contributed by atoms with Gasteiger partial charge in [0.25, 0.3) is 5.91 Å². The van der Waals surface area contributed by atoms with Gasteiger partial charge in [-0.15, -0.1) is 0 Å². The lowest BCUT2D eigenvalue weighted by Crippen LogP contribution is -2.43. The van der Waals surface area contributed by atoms with Crippen molar-refractivity contribution >= 4 is 29.0 Å². The van der Waals surface area contributed by atoms with E-state index in [4.69, 9.17) is 22.1 Å². The third kappa shape index (κ3) is 3.80. The van der Waals surface area contributed by atoms with Crippen molar-refractivity contribution in [3.8, 4) is 0 Å². The summed E-state index contributed by atoms with van der Waals surface area (Å²) in [6, 6.07) is 1.79. The summed E-state index contributed by atoms with van der Waals surface area (Å²) >= 11 is 6.02. The third-order valence-corrected chi connectivity index (χ3v) is 4.67. The molecule has 1 aliphatic rings. The zero-order chi connectivity index (χ0) is 20.4. The fourth-order valence-electron chi connectivity index (χ4n) is 2.84. The lowest BCUT2D eigenvalue weighted by Gasteiger charge is -2.27. The summed E-state index contributed by atoms with van der Waals surface area (Å²) in [5.41, 5.74) is 7.30. The van der Waals surface area contributed by atoms with E-state index < -0.39 is 5.54 Å². The van der Waals surface area contributed by atoms with E-state index in [1.54, 1.807) is 44.6 Å². The number of rotatable bonds is 6. The van der Waals surface area contributed by atoms with Crippen molar-refractivity contribution in [2.75, 3.05) is 14.2 Å². The number of likely N-dealkylation sites (N-methyl/N-ethyl adjacent to an activating group) is 1. The molecular formula is C20H23ClN4O2. The number of hydrogen-bond donors (Lipinski definition) is 1. The molecule has 6 nitrogen and oxygen atoms in total. The van der Waals surface area contributed by atoms with Gasteiger partial charge in [0.2, 0.25) is 0 Å². The third-order valence-electron chi connectivity index (χ3n) is 4.47. The topological polar surface area (TPSA) is 80.8 Å². The van der Waals surface area contributed by atoms with Crippen molar-refractivity contribution in [3.63, 3.8) is 0 Å². The molecule has 0 saturated heterocycles. The van der Waals surface area contributed by atoms with Crippen molar-refractivity contribution in [1.29, 1.82) is 0 Å². The number of nitrogens with two attached hydrogens (primary N) is 1. The van der Waals surface area contributed by atoms with Crippen LogP contribution < -0.4 is 5.73 Å². The number of pyridine rings is 1. The van der Waals surface area contributed by atoms with Crippen LogP contribution >= 0.6 is 11.6 Å². The van der Waals surface area contributed by atoms with Gasteiger partial charge in [-0.25, -0.2) is 4.99 Å². The Morgan fingerprint density at radius 2 is 2.00 bits per heavy atom. The van der Waals surface area contributed by atoms with Crippen LogP contribution in [0.1, 0.15) is 19.4 Å². The minimum Gasteiger partial charge on any atom is -0.497 e. The van der Waals surface area contributed by atoms with Gasteiger partial charge in [-0.3, -0.25) is 14.7 Å². The second-order valence-corrected chi connectivity index (χ2v) is 6.72. The molecule has 0 aromatic carbocycles. The fraction of sp³-hybridized carbons (Fsp3) is 0.250. The second-order valence-electron chi connectivity index (χ2n) is 6.29. The number of carbonyl (C=O) groups excluding carboxylic acids is 1. The zero-order valence-corrected chi connectivity index (χ0v) is 16.7. The Balaban J connectivity index is 2.57. The van der Waals surface area contributed by atoms with Gasteiger partial charge in [-0.2, -0.15) is 0 Å². The molecule has 2 rings (SSSR count). The standard InChI is InChI=1S/C20H23ClN4O2/c1-12(16-9-17(21)11-23-10-16)7-13(2)20(14(3)8-15(4)27-6)18(26)25(5)19(22)24-20/h7-11H,2,4H2,1,3,5-6H3,(H2,22,24). The molecule has 1 amide bonds. The molecule has 0 aliphatic carbocycles. The number of amides is 1. The van der Waals surface area contributed by atoms with E-state index in [9.17, 15) is 4.79 Å². The number of guanidine groups is 1. The predicted octanol–water partition coefficient (Wildman–Crippen LogP) is 3.33. The van der Waals surface area contributed by atoms with Crippen LogP contribution in [0.5, 0.6) is 0 Å². The monoisotopic (exact) mass is 386 g/mol. The highest BCUT2D eigenvalue weighted by atomic mass is 35.5. The molecule has 1 aromatic heterocycles. The van der Waals surface area contributed by atoms with Crippen LogP contribution in [0.15, 0.2) is 65.7 Å². The molecule has 0 saturated carbocycles. The molecule has 2 N–H and O–H groups in total. The summed E-state index contributed by atoms with van der Waals surface area (Å²) < 4.78 is 5.11. The largest absolute Gasteiger partial charge is 0.497 e. The quantitative estimate of drug-likeness (QED) is 0.600. The number of nitrogens with zero attached hydrogens (tertiary/aromatic N) is 3. The summed E-state index contributed by atoms with van der Waals surface area (Å²) in [5.74, 6) is 0.221. The summed E-state index contributed by atoms with van der Waals surface area (Å²) in [4.78, 5) is 22.9. The van der Waals surface area contributed by atoms with Crippen LogP contribution in [0, 0.1) is 0 Å². The van der Waals surface area contributed by atoms with E-state index in [1.807, 2.05) is 6.92 Å². The first kappa shape index (κ1) is 20.5. The Labute approximate surface area is 164 Å². The highest BCUT2D eigenvalue weighted by Crippen LogP contribution is 2.37. The Kier molecular flexibility index (Phi) is 5.91. The molecular weight excluding hydrogens is 364 g/mol. The lowest BCUT2D eigenvalue weighted by molar-refractivity contribution is -0.127. The molecule has 2 heterocycles. The summed E-state index contributed by atoms with van der Waals surface area (Å²) in [5, 5.41) is 0.520. The number of halogens is 1. The SMILES string of the molecule is C=C(C=C(C)C1(C(=C)C=C(C)c2cncc(Cl)c2)N=C(N)N(C)C1=O)OC. The van der Waals surface area contributed by atoms with Crippen molar-refractivity contribution in [1.82, 2.24) is 9.88 Å². The molecule has 7 heteroatoms. The van der Waals surface area contributed by atoms with Crippen LogP contribution in [-0.4, -0.2) is 41.4 Å². The van der Waals surface area contributed by atoms with E-state index in [1.165, 1.54) is 12.0 Å². The maximum atomic E-state index is 13.1. The molecule has 0 bridgehead atoms. The Hall–Kier alpha value is -2.86. The molecule has 1 aliphatic heterocycles. The highest BCUT2D eigenvalue weighted by Gasteiger charge is 2.49. The van der Waals surface area contributed by atoms with Gasteiger partial charge in [0, 0.05) is 19.4 Å². The van der Waals surface area contributed by atoms with Gasteiger partial charge >= 0.3 is 0 Å². The van der Waals surface area contributed by atoms with Crippen molar-refractivity contribution < 1.29 is 9.53 Å². The van der Waals surface area contributed by atoms with E-state index in [-0.39, 0.29) is 11.9 Å². The Morgan fingerprint density at radius 3 is 2.52 bits per heavy atom. The minimum atomic E-state index is -1.35. The van der Waals surface area contributed by atoms with Gasteiger partial charge in [-0.1, -0.05) is 30.8 Å². The number of ether oxygens (including phenoxy) is 1. The average molecular weight is 387 g/mol. The molecule has 142 valence electrons. The average Bonchev–Trinajstić information content (AvgIpc) is 2.86. The number of allylic oxidation sites excluding steroid dienone is 2. The predicted molar refractivity (Wildman–Crippen MR) is 109 cm³/mol. The van der Waals surface area contributed by atoms with E-state index in [0.29, 0.717) is 21.9 Å². The molecule has 1 atom stereocenters. The van der Waals surface area contributed by atoms with Crippen molar-refractivity contribution in [2.45, 2.75) is 19.4 Å². The van der Waals surface area contributed by atoms with Gasteiger partial charge in [-0.05, 0) is 48.3 Å². The molecule has 0 spiro atoms. The van der Waals surface area contributed by atoms with Crippen molar-refractivity contribution in [3.05, 3.63) is 71.3 Å². The van der Waals surface area contributed by atoms with Gasteiger partial charge in [0.05, 0.1) is 12.1 Å². The minimum absolute atomic E-state index is 0.118.